The first kappa shape index (κ1) is 49.9. The fraction of sp³-hybridized carbons (Fsp3) is 0.519. The number of aliphatic hydroxyl groups is 2. The third-order valence-corrected chi connectivity index (χ3v) is 12.5. The molecule has 0 spiro atoms. The van der Waals surface area contributed by atoms with Crippen molar-refractivity contribution >= 4 is 23.6 Å². The van der Waals surface area contributed by atoms with Crippen LogP contribution in [0.15, 0.2) is 96.2 Å². The Bertz CT molecular complexity index is 2150. The molecule has 1 saturated carbocycles. The molecule has 66 heavy (non-hydrogen) atoms. The zero-order valence-corrected chi connectivity index (χ0v) is 39.5. The van der Waals surface area contributed by atoms with Crippen molar-refractivity contribution in [3.8, 4) is 23.0 Å². The van der Waals surface area contributed by atoms with E-state index in [9.17, 15) is 19.8 Å². The second kappa shape index (κ2) is 23.2. The molecule has 6 unspecified atom stereocenters. The summed E-state index contributed by atoms with van der Waals surface area (Å²) in [5.41, 5.74) is 3.43. The highest BCUT2D eigenvalue weighted by Crippen LogP contribution is 2.62. The Kier molecular flexibility index (Phi) is 17.6. The lowest BCUT2D eigenvalue weighted by Crippen LogP contribution is -2.70. The van der Waals surface area contributed by atoms with Gasteiger partial charge in [-0.25, -0.2) is 9.59 Å². The van der Waals surface area contributed by atoms with Gasteiger partial charge in [-0.2, -0.15) is 0 Å². The number of hydrogen-bond acceptors (Lipinski definition) is 12. The highest BCUT2D eigenvalue weighted by Gasteiger charge is 2.65. The van der Waals surface area contributed by atoms with Crippen molar-refractivity contribution in [3.05, 3.63) is 102 Å². The smallest absolute Gasteiger partial charge is 0.417 e. The molecule has 1 fully saturated rings. The molecular formula is C52H69N3O11. The third-order valence-electron chi connectivity index (χ3n) is 12.5. The summed E-state index contributed by atoms with van der Waals surface area (Å²) in [5, 5.41) is 27.7. The fourth-order valence-corrected chi connectivity index (χ4v) is 9.59. The van der Waals surface area contributed by atoms with Gasteiger partial charge in [-0.3, -0.25) is 10.2 Å². The van der Waals surface area contributed by atoms with Crippen molar-refractivity contribution in [1.29, 1.82) is 0 Å². The average molecular weight is 912 g/mol. The van der Waals surface area contributed by atoms with Crippen LogP contribution >= 0.6 is 0 Å². The number of ether oxygens (including phenoxy) is 6. The lowest BCUT2D eigenvalue weighted by molar-refractivity contribution is -0.255. The van der Waals surface area contributed by atoms with E-state index in [0.29, 0.717) is 54.5 Å². The summed E-state index contributed by atoms with van der Waals surface area (Å²) in [5.74, 6) is -0.614. The number of rotatable bonds is 22. The molecule has 358 valence electrons. The van der Waals surface area contributed by atoms with Crippen molar-refractivity contribution in [3.63, 3.8) is 0 Å². The minimum atomic E-state index is -1.47. The lowest BCUT2D eigenvalue weighted by Gasteiger charge is -2.60. The van der Waals surface area contributed by atoms with Crippen LogP contribution in [0.5, 0.6) is 23.0 Å². The molecule has 14 nitrogen and oxygen atoms in total. The number of allylic oxidation sites excluding steroid dienone is 1. The van der Waals surface area contributed by atoms with E-state index in [0.717, 1.165) is 42.4 Å². The van der Waals surface area contributed by atoms with Crippen LogP contribution in [0, 0.1) is 23.2 Å². The minimum absolute atomic E-state index is 0.00401. The highest BCUT2D eigenvalue weighted by atomic mass is 16.7. The topological polar surface area (TPSA) is 167 Å². The van der Waals surface area contributed by atoms with E-state index >= 15 is 0 Å². The quantitative estimate of drug-likeness (QED) is 0.0499. The number of nitrogens with one attached hydrogen (secondary N) is 1. The first-order valence-corrected chi connectivity index (χ1v) is 23.3. The Morgan fingerprint density at radius 2 is 1.71 bits per heavy atom. The van der Waals surface area contributed by atoms with E-state index in [1.165, 1.54) is 7.11 Å². The van der Waals surface area contributed by atoms with Crippen LogP contribution < -0.4 is 24.3 Å². The number of carbonyl (C=O) groups is 2. The SMILES string of the molecule is C=CCOC12Oc3ccc(OC(=O)Nc4ccc(OC)cc4OC)cc3C3C(CCCCO)C(CCCCO)C=C(C(=NOCc4ccccc4)CC1N(CCC)C(=O)OCC(C)(C)C)C32. The van der Waals surface area contributed by atoms with E-state index in [1.807, 2.05) is 64.1 Å². The highest BCUT2D eigenvalue weighted by molar-refractivity contribution is 6.03. The van der Waals surface area contributed by atoms with Crippen LogP contribution in [0.25, 0.3) is 0 Å². The van der Waals surface area contributed by atoms with Crippen LogP contribution in [-0.2, 0) is 20.9 Å². The predicted molar refractivity (Wildman–Crippen MR) is 253 cm³/mol. The summed E-state index contributed by atoms with van der Waals surface area (Å²) in [4.78, 5) is 36.1. The molecule has 3 aliphatic rings. The van der Waals surface area contributed by atoms with Crippen molar-refractivity contribution in [1.82, 2.24) is 4.90 Å². The van der Waals surface area contributed by atoms with Gasteiger partial charge in [-0.05, 0) is 90.8 Å². The van der Waals surface area contributed by atoms with Gasteiger partial charge in [0, 0.05) is 43.7 Å². The Hall–Kier alpha value is -5.57. The lowest BCUT2D eigenvalue weighted by atomic mass is 9.55. The summed E-state index contributed by atoms with van der Waals surface area (Å²) < 4.78 is 37.3. The molecule has 6 rings (SSSR count). The van der Waals surface area contributed by atoms with Crippen LogP contribution in [0.2, 0.25) is 0 Å². The van der Waals surface area contributed by atoms with E-state index in [-0.39, 0.29) is 68.4 Å². The first-order valence-electron chi connectivity index (χ1n) is 23.3. The average Bonchev–Trinajstić information content (AvgIpc) is 3.31. The second-order valence-electron chi connectivity index (χ2n) is 18.4. The standard InChI is InChI=1S/C52H69N3O11/c1-8-25-55(50(59)62-34-51(3,4)5)46-32-43(54-64-33-35-17-11-10-12-18-35)40-29-36(19-13-15-26-56)39(20-14-16-27-57)47-41-30-38(22-24-44(41)66-52(46,48(40)47)63-28-9-2)65-49(58)53-42-23-21-37(60-6)31-45(42)61-7/h9-12,17-18,21-24,29-31,36,39,46-48,56-57H,2,8,13-16,19-20,25-28,32-34H2,1,3-7H3,(H,53,58). The Morgan fingerprint density at radius 1 is 0.970 bits per heavy atom. The van der Waals surface area contributed by atoms with Crippen molar-refractivity contribution in [2.45, 2.75) is 103 Å². The molecule has 1 heterocycles. The molecule has 3 aromatic rings. The molecule has 1 aliphatic heterocycles. The molecule has 2 aliphatic carbocycles. The number of anilines is 1. The van der Waals surface area contributed by atoms with Gasteiger partial charge in [0.15, 0.2) is 0 Å². The van der Waals surface area contributed by atoms with E-state index in [4.69, 9.17) is 38.4 Å². The number of aliphatic hydroxyl groups excluding tert-OH is 2. The normalized spacial score (nSPS) is 22.5. The van der Waals surface area contributed by atoms with Gasteiger partial charge in [0.1, 0.15) is 35.6 Å². The van der Waals surface area contributed by atoms with Crippen LogP contribution in [0.1, 0.15) is 96.1 Å². The maximum Gasteiger partial charge on any atom is 0.417 e. The van der Waals surface area contributed by atoms with Crippen LogP contribution in [-0.4, -0.2) is 92.0 Å². The van der Waals surface area contributed by atoms with E-state index in [2.05, 4.69) is 18.0 Å². The third kappa shape index (κ3) is 11.9. The number of amides is 2. The molecule has 0 radical (unpaired) electrons. The molecule has 0 aromatic heterocycles. The van der Waals surface area contributed by atoms with Gasteiger partial charge in [0.25, 0.3) is 0 Å². The zero-order valence-electron chi connectivity index (χ0n) is 39.5. The monoisotopic (exact) mass is 911 g/mol. The predicted octanol–water partition coefficient (Wildman–Crippen LogP) is 10.0. The van der Waals surface area contributed by atoms with Crippen molar-refractivity contribution in [2.75, 3.05) is 52.5 Å². The van der Waals surface area contributed by atoms with Gasteiger partial charge in [0.2, 0.25) is 5.79 Å². The van der Waals surface area contributed by atoms with Crippen molar-refractivity contribution in [2.24, 2.45) is 28.3 Å². The fourth-order valence-electron chi connectivity index (χ4n) is 9.59. The summed E-state index contributed by atoms with van der Waals surface area (Å²) in [7, 11) is 3.06. The number of unbranched alkanes of at least 4 members (excludes halogenated alkanes) is 2. The molecule has 6 atom stereocenters. The maximum absolute atomic E-state index is 14.5. The van der Waals surface area contributed by atoms with Gasteiger partial charge in [0.05, 0.1) is 44.8 Å². The molecule has 3 N–H and O–H groups in total. The Labute approximate surface area is 389 Å². The Balaban J connectivity index is 1.53. The summed E-state index contributed by atoms with van der Waals surface area (Å²) >= 11 is 0. The minimum Gasteiger partial charge on any atom is -0.497 e. The van der Waals surface area contributed by atoms with Crippen LogP contribution in [0.4, 0.5) is 15.3 Å². The molecule has 14 heteroatoms. The summed E-state index contributed by atoms with van der Waals surface area (Å²) in [6.07, 6.45) is 7.92. The number of methoxy groups -OCH3 is 2. The van der Waals surface area contributed by atoms with Gasteiger partial charge in [-0.1, -0.05) is 88.2 Å². The number of nitrogens with zero attached hydrogens (tertiary/aromatic N) is 2. The summed E-state index contributed by atoms with van der Waals surface area (Å²) in [6.45, 7) is 13.1. The first-order chi connectivity index (χ1) is 31.9. The number of fused-ring (bicyclic) bond motifs is 2. The molecule has 0 bridgehead atoms. The van der Waals surface area contributed by atoms with Gasteiger partial charge < -0.3 is 43.5 Å². The van der Waals surface area contributed by atoms with E-state index in [1.54, 1.807) is 48.4 Å². The van der Waals surface area contributed by atoms with Gasteiger partial charge >= 0.3 is 12.2 Å². The molecule has 0 saturated heterocycles. The molecule has 2 amide bonds. The van der Waals surface area contributed by atoms with Crippen LogP contribution in [0.3, 0.4) is 0 Å². The summed E-state index contributed by atoms with van der Waals surface area (Å²) in [6, 6.07) is 19.5. The largest absolute Gasteiger partial charge is 0.497 e. The molecular weight excluding hydrogens is 843 g/mol. The number of carbonyl (C=O) groups excluding carboxylic acids is 2. The number of hydrogen-bond donors (Lipinski definition) is 3. The number of oxime groups is 1. The molecule has 3 aromatic carbocycles. The van der Waals surface area contributed by atoms with E-state index < -0.39 is 29.9 Å². The second-order valence-corrected chi connectivity index (χ2v) is 18.4. The van der Waals surface area contributed by atoms with Crippen molar-refractivity contribution < 1.29 is 53.1 Å². The Morgan fingerprint density at radius 3 is 2.39 bits per heavy atom. The van der Waals surface area contributed by atoms with Gasteiger partial charge in [-0.15, -0.1) is 6.58 Å². The maximum atomic E-state index is 14.5. The number of benzene rings is 3. The zero-order chi connectivity index (χ0) is 47.3.